The molecule has 0 bridgehead atoms. The average molecular weight is 702 g/mol. The van der Waals surface area contributed by atoms with Crippen molar-refractivity contribution in [3.8, 4) is 0 Å². The maximum atomic E-state index is 14.3. The molecule has 5 aromatic carbocycles. The fraction of sp³-hybridized carbons (Fsp3) is 0.256. The van der Waals surface area contributed by atoms with E-state index < -0.39 is 42.5 Å². The molecule has 6 rings (SSSR count). The average Bonchev–Trinajstić information content (AvgIpc) is 3.19. The number of hydrogen-bond donors (Lipinski definition) is 1. The summed E-state index contributed by atoms with van der Waals surface area (Å²) in [4.78, 5) is 29.0. The van der Waals surface area contributed by atoms with Gasteiger partial charge in [-0.05, 0) is 27.8 Å². The fourth-order valence-corrected chi connectivity index (χ4v) is 6.34. The molecule has 5 atom stereocenters. The zero-order chi connectivity index (χ0) is 36.0. The molecule has 1 aliphatic rings. The Hall–Kier alpha value is -5.32. The van der Waals surface area contributed by atoms with Gasteiger partial charge in [0.25, 0.3) is 0 Å². The lowest BCUT2D eigenvalue weighted by molar-refractivity contribution is -0.226. The predicted octanol–water partition coefficient (Wildman–Crippen LogP) is 7.43. The van der Waals surface area contributed by atoms with Crippen LogP contribution >= 0.6 is 0 Å². The number of ether oxygens (including phenoxy) is 5. The Labute approximate surface area is 304 Å². The van der Waals surface area contributed by atoms with E-state index >= 15 is 0 Å². The summed E-state index contributed by atoms with van der Waals surface area (Å²) in [6.45, 7) is 0.519. The van der Waals surface area contributed by atoms with E-state index in [-0.39, 0.29) is 39.6 Å². The monoisotopic (exact) mass is 701 g/mol. The van der Waals surface area contributed by atoms with Crippen molar-refractivity contribution in [1.82, 2.24) is 4.90 Å². The summed E-state index contributed by atoms with van der Waals surface area (Å²) in [6, 6.07) is 45.2. The molecule has 1 N–H and O–H groups in total. The summed E-state index contributed by atoms with van der Waals surface area (Å²) in [7, 11) is 0. The standard InChI is InChI=1S/C43H43NO8/c45-42(46)38-40(50-28-34-20-10-3-11-21-34)41(51-29-35-22-12-4-13-23-35)39(49-27-33-18-8-2-9-19-33)37(31-48-26-32-16-6-1-7-17-32)44(38)43(47)52-30-36-24-14-5-15-25-36/h1-25,37-41H,26-31H2,(H,45,46)/t37-,38+,39+,40+,41+/m1/s1. The Kier molecular flexibility index (Phi) is 13.2. The first-order chi connectivity index (χ1) is 25.6. The Bertz CT molecular complexity index is 1790. The molecule has 0 radical (unpaired) electrons. The minimum atomic E-state index is -1.50. The van der Waals surface area contributed by atoms with Gasteiger partial charge in [0.15, 0.2) is 6.04 Å². The van der Waals surface area contributed by atoms with Crippen molar-refractivity contribution in [3.05, 3.63) is 179 Å². The second kappa shape index (κ2) is 18.8. The van der Waals surface area contributed by atoms with Gasteiger partial charge in [0.05, 0.1) is 39.1 Å². The highest BCUT2D eigenvalue weighted by molar-refractivity contribution is 5.81. The van der Waals surface area contributed by atoms with Gasteiger partial charge in [0, 0.05) is 0 Å². The van der Waals surface area contributed by atoms with Crippen LogP contribution in [0.2, 0.25) is 0 Å². The zero-order valence-corrected chi connectivity index (χ0v) is 28.8. The van der Waals surface area contributed by atoms with Crippen molar-refractivity contribution in [2.24, 2.45) is 0 Å². The Morgan fingerprint density at radius 3 is 1.27 bits per heavy atom. The first-order valence-electron chi connectivity index (χ1n) is 17.4. The molecule has 0 aromatic heterocycles. The zero-order valence-electron chi connectivity index (χ0n) is 28.8. The smallest absolute Gasteiger partial charge is 0.411 e. The number of carbonyl (C=O) groups excluding carboxylic acids is 1. The first-order valence-corrected chi connectivity index (χ1v) is 17.4. The maximum Gasteiger partial charge on any atom is 0.411 e. The third-order valence-corrected chi connectivity index (χ3v) is 8.92. The second-order valence-corrected chi connectivity index (χ2v) is 12.6. The third kappa shape index (κ3) is 9.92. The molecule has 1 heterocycles. The van der Waals surface area contributed by atoms with Gasteiger partial charge in [-0.25, -0.2) is 9.59 Å². The van der Waals surface area contributed by atoms with Crippen molar-refractivity contribution in [2.45, 2.75) is 63.4 Å². The fourth-order valence-electron chi connectivity index (χ4n) is 6.34. The number of amides is 1. The topological polar surface area (TPSA) is 104 Å². The lowest BCUT2D eigenvalue weighted by Gasteiger charge is -2.50. The Morgan fingerprint density at radius 2 is 0.846 bits per heavy atom. The number of rotatable bonds is 16. The van der Waals surface area contributed by atoms with Crippen LogP contribution in [0.1, 0.15) is 27.8 Å². The molecule has 1 saturated heterocycles. The number of hydrogen-bond acceptors (Lipinski definition) is 7. The van der Waals surface area contributed by atoms with E-state index in [0.29, 0.717) is 0 Å². The third-order valence-electron chi connectivity index (χ3n) is 8.92. The van der Waals surface area contributed by atoms with Crippen LogP contribution in [0.15, 0.2) is 152 Å². The number of benzene rings is 5. The largest absolute Gasteiger partial charge is 0.480 e. The van der Waals surface area contributed by atoms with Crippen molar-refractivity contribution >= 4 is 12.1 Å². The highest BCUT2D eigenvalue weighted by atomic mass is 16.6. The van der Waals surface area contributed by atoms with Gasteiger partial charge in [-0.3, -0.25) is 4.90 Å². The number of piperidine rings is 1. The minimum Gasteiger partial charge on any atom is -0.480 e. The summed E-state index contributed by atoms with van der Waals surface area (Å²) < 4.78 is 32.0. The quantitative estimate of drug-likeness (QED) is 0.113. The van der Waals surface area contributed by atoms with Crippen molar-refractivity contribution in [3.63, 3.8) is 0 Å². The van der Waals surface area contributed by atoms with Crippen LogP contribution in [-0.4, -0.2) is 59.1 Å². The van der Waals surface area contributed by atoms with Crippen LogP contribution in [0, 0.1) is 0 Å². The van der Waals surface area contributed by atoms with E-state index in [0.717, 1.165) is 27.8 Å². The van der Waals surface area contributed by atoms with Crippen molar-refractivity contribution in [2.75, 3.05) is 6.61 Å². The van der Waals surface area contributed by atoms with Crippen LogP contribution in [0.3, 0.4) is 0 Å². The second-order valence-electron chi connectivity index (χ2n) is 12.6. The van der Waals surface area contributed by atoms with Gasteiger partial charge in [0.1, 0.15) is 24.9 Å². The minimum absolute atomic E-state index is 0.0564. The van der Waals surface area contributed by atoms with Crippen LogP contribution in [0.5, 0.6) is 0 Å². The SMILES string of the molecule is O=C(O)[C@@H]1[C@H](OCc2ccccc2)[C@@H](OCc2ccccc2)[C@@H](OCc2ccccc2)[C@@H](COCc2ccccc2)N1C(=O)OCc1ccccc1. The summed E-state index contributed by atoms with van der Waals surface area (Å²) in [5, 5.41) is 11.0. The van der Waals surface area contributed by atoms with E-state index in [1.54, 1.807) is 0 Å². The molecule has 1 fully saturated rings. The number of carbonyl (C=O) groups is 2. The van der Waals surface area contributed by atoms with Gasteiger partial charge >= 0.3 is 12.1 Å². The number of carboxylic acids is 1. The predicted molar refractivity (Wildman–Crippen MR) is 195 cm³/mol. The van der Waals surface area contributed by atoms with E-state index in [2.05, 4.69) is 0 Å². The van der Waals surface area contributed by atoms with Gasteiger partial charge in [0.2, 0.25) is 0 Å². The number of likely N-dealkylation sites (tertiary alicyclic amines) is 1. The summed E-state index contributed by atoms with van der Waals surface area (Å²) >= 11 is 0. The van der Waals surface area contributed by atoms with Crippen molar-refractivity contribution in [1.29, 1.82) is 0 Å². The summed E-state index contributed by atoms with van der Waals surface area (Å²) in [5.74, 6) is -1.27. The maximum absolute atomic E-state index is 14.3. The Balaban J connectivity index is 1.39. The molecule has 52 heavy (non-hydrogen) atoms. The van der Waals surface area contributed by atoms with Gasteiger partial charge in [-0.1, -0.05) is 152 Å². The molecule has 0 aliphatic carbocycles. The number of nitrogens with zero attached hydrogens (tertiary/aromatic N) is 1. The first kappa shape index (κ1) is 36.5. The molecule has 0 saturated carbocycles. The van der Waals surface area contributed by atoms with Gasteiger partial charge < -0.3 is 28.8 Å². The molecule has 268 valence electrons. The molecule has 9 heteroatoms. The van der Waals surface area contributed by atoms with Gasteiger partial charge in [-0.2, -0.15) is 0 Å². The van der Waals surface area contributed by atoms with E-state index in [1.165, 1.54) is 4.90 Å². The molecule has 1 aliphatic heterocycles. The molecule has 0 spiro atoms. The molecule has 5 aromatic rings. The van der Waals surface area contributed by atoms with Crippen molar-refractivity contribution < 1.29 is 38.4 Å². The summed E-state index contributed by atoms with van der Waals surface area (Å²) in [5.41, 5.74) is 4.30. The van der Waals surface area contributed by atoms with E-state index in [9.17, 15) is 14.7 Å². The highest BCUT2D eigenvalue weighted by Gasteiger charge is 2.56. The van der Waals surface area contributed by atoms with Crippen LogP contribution in [0.25, 0.3) is 0 Å². The molecule has 9 nitrogen and oxygen atoms in total. The van der Waals surface area contributed by atoms with Crippen LogP contribution < -0.4 is 0 Å². The summed E-state index contributed by atoms with van der Waals surface area (Å²) in [6.07, 6.45) is -3.80. The number of carboxylic acid groups (broad SMARTS) is 1. The van der Waals surface area contributed by atoms with Crippen LogP contribution in [0.4, 0.5) is 4.79 Å². The molecular weight excluding hydrogens is 658 g/mol. The van der Waals surface area contributed by atoms with E-state index in [4.69, 9.17) is 23.7 Å². The van der Waals surface area contributed by atoms with Gasteiger partial charge in [-0.15, -0.1) is 0 Å². The normalized spacial score (nSPS) is 19.9. The number of aliphatic carboxylic acids is 1. The van der Waals surface area contributed by atoms with Crippen LogP contribution in [-0.2, 0) is 61.5 Å². The lowest BCUT2D eigenvalue weighted by atomic mass is 9.87. The molecule has 0 unspecified atom stereocenters. The molecular formula is C43H43NO8. The molecule has 1 amide bonds. The Morgan fingerprint density at radius 1 is 0.481 bits per heavy atom. The van der Waals surface area contributed by atoms with E-state index in [1.807, 2.05) is 152 Å². The highest BCUT2D eigenvalue weighted by Crippen LogP contribution is 2.34. The lowest BCUT2D eigenvalue weighted by Crippen LogP contribution is -2.72.